The Morgan fingerprint density at radius 1 is 1.16 bits per heavy atom. The Bertz CT molecular complexity index is 755. The Morgan fingerprint density at radius 2 is 1.80 bits per heavy atom. The molecule has 1 amide bonds. The largest absolute Gasteiger partial charge is 0.502 e. The molecule has 0 aliphatic rings. The molecule has 0 radical (unpaired) electrons. The van der Waals surface area contributed by atoms with E-state index in [4.69, 9.17) is 0 Å². The van der Waals surface area contributed by atoms with Crippen molar-refractivity contribution in [3.8, 4) is 5.75 Å². The first-order chi connectivity index (χ1) is 11.9. The molecule has 2 N–H and O–H groups in total. The minimum atomic E-state index is -0.703. The summed E-state index contributed by atoms with van der Waals surface area (Å²) in [5, 5.41) is 23.0. The second kappa shape index (κ2) is 8.25. The Morgan fingerprint density at radius 3 is 2.32 bits per heavy atom. The lowest BCUT2D eigenvalue weighted by Crippen LogP contribution is -2.22. The highest BCUT2D eigenvalue weighted by Gasteiger charge is 2.16. The summed E-state index contributed by atoms with van der Waals surface area (Å²) >= 11 is 0. The van der Waals surface area contributed by atoms with Crippen molar-refractivity contribution in [2.24, 2.45) is 0 Å². The van der Waals surface area contributed by atoms with Gasteiger partial charge < -0.3 is 10.4 Å². The van der Waals surface area contributed by atoms with E-state index < -0.39 is 22.3 Å². The van der Waals surface area contributed by atoms with Crippen LogP contribution in [0.2, 0.25) is 0 Å². The van der Waals surface area contributed by atoms with E-state index in [2.05, 4.69) is 24.1 Å². The summed E-state index contributed by atoms with van der Waals surface area (Å²) in [7, 11) is 0. The summed E-state index contributed by atoms with van der Waals surface area (Å²) in [6.07, 6.45) is 0. The van der Waals surface area contributed by atoms with Gasteiger partial charge in [0.15, 0.2) is 5.75 Å². The Hall–Kier alpha value is -2.93. The van der Waals surface area contributed by atoms with Crippen LogP contribution >= 0.6 is 0 Å². The summed E-state index contributed by atoms with van der Waals surface area (Å²) < 4.78 is 0. The van der Waals surface area contributed by atoms with Crippen LogP contribution in [0.4, 0.5) is 11.4 Å². The van der Waals surface area contributed by atoms with Crippen LogP contribution in [-0.4, -0.2) is 33.9 Å². The molecule has 0 aliphatic carbocycles. The van der Waals surface area contributed by atoms with Gasteiger partial charge in [0.2, 0.25) is 0 Å². The SMILES string of the molecule is CCN(CC)Cc1ccc(NC(=O)c2ccc([N+](=O)[O-])c(O)c2)cc1. The molecule has 2 aromatic carbocycles. The summed E-state index contributed by atoms with van der Waals surface area (Å²) in [5.41, 5.74) is 1.48. The van der Waals surface area contributed by atoms with Gasteiger partial charge in [-0.1, -0.05) is 26.0 Å². The van der Waals surface area contributed by atoms with Gasteiger partial charge in [-0.2, -0.15) is 0 Å². The quantitative estimate of drug-likeness (QED) is 0.593. The number of amides is 1. The number of nitro groups is 1. The molecule has 7 heteroatoms. The molecule has 0 atom stereocenters. The predicted octanol–water partition coefficient (Wildman–Crippen LogP) is 3.39. The minimum absolute atomic E-state index is 0.148. The molecule has 0 aliphatic heterocycles. The number of benzene rings is 2. The van der Waals surface area contributed by atoms with Gasteiger partial charge >= 0.3 is 5.69 Å². The van der Waals surface area contributed by atoms with E-state index in [0.29, 0.717) is 5.69 Å². The average molecular weight is 343 g/mol. The maximum Gasteiger partial charge on any atom is 0.310 e. The number of phenolic OH excluding ortho intramolecular Hbond substituents is 1. The number of rotatable bonds is 7. The maximum absolute atomic E-state index is 12.2. The van der Waals surface area contributed by atoms with Gasteiger partial charge in [0, 0.05) is 23.9 Å². The van der Waals surface area contributed by atoms with Crippen molar-refractivity contribution in [3.05, 3.63) is 63.7 Å². The lowest BCUT2D eigenvalue weighted by molar-refractivity contribution is -0.385. The number of anilines is 1. The first-order valence-electron chi connectivity index (χ1n) is 8.04. The van der Waals surface area contributed by atoms with Crippen LogP contribution in [0.15, 0.2) is 42.5 Å². The summed E-state index contributed by atoms with van der Waals surface area (Å²) in [6, 6.07) is 11.0. The van der Waals surface area contributed by atoms with Gasteiger partial charge in [-0.3, -0.25) is 19.8 Å². The highest BCUT2D eigenvalue weighted by molar-refractivity contribution is 6.04. The number of phenols is 1. The number of nitrogens with zero attached hydrogens (tertiary/aromatic N) is 2. The highest BCUT2D eigenvalue weighted by atomic mass is 16.6. The fourth-order valence-corrected chi connectivity index (χ4v) is 2.42. The summed E-state index contributed by atoms with van der Waals surface area (Å²) in [5.74, 6) is -0.978. The van der Waals surface area contributed by atoms with Crippen LogP contribution in [0.25, 0.3) is 0 Å². The Balaban J connectivity index is 2.05. The third-order valence-electron chi connectivity index (χ3n) is 3.95. The molecule has 0 bridgehead atoms. The summed E-state index contributed by atoms with van der Waals surface area (Å²) in [4.78, 5) is 24.5. The molecule has 0 heterocycles. The van der Waals surface area contributed by atoms with E-state index in [-0.39, 0.29) is 5.56 Å². The smallest absolute Gasteiger partial charge is 0.310 e. The zero-order valence-corrected chi connectivity index (χ0v) is 14.2. The number of carbonyl (C=O) groups is 1. The summed E-state index contributed by atoms with van der Waals surface area (Å²) in [6.45, 7) is 7.00. The van der Waals surface area contributed by atoms with Crippen LogP contribution < -0.4 is 5.32 Å². The lowest BCUT2D eigenvalue weighted by Gasteiger charge is -2.18. The Kier molecular flexibility index (Phi) is 6.08. The Labute approximate surface area is 146 Å². The molecular weight excluding hydrogens is 322 g/mol. The van der Waals surface area contributed by atoms with Gasteiger partial charge in [0.25, 0.3) is 5.91 Å². The fraction of sp³-hybridized carbons (Fsp3) is 0.278. The van der Waals surface area contributed by atoms with Crippen LogP contribution in [0.1, 0.15) is 29.8 Å². The molecule has 0 fully saturated rings. The lowest BCUT2D eigenvalue weighted by atomic mass is 10.1. The third kappa shape index (κ3) is 4.77. The molecule has 0 saturated heterocycles. The highest BCUT2D eigenvalue weighted by Crippen LogP contribution is 2.26. The van der Waals surface area contributed by atoms with Gasteiger partial charge in [-0.25, -0.2) is 0 Å². The van der Waals surface area contributed by atoms with Gasteiger partial charge in [0.05, 0.1) is 4.92 Å². The van der Waals surface area contributed by atoms with Gasteiger partial charge in [-0.05, 0) is 42.9 Å². The minimum Gasteiger partial charge on any atom is -0.502 e. The number of nitrogens with one attached hydrogen (secondary N) is 1. The first-order valence-corrected chi connectivity index (χ1v) is 8.04. The third-order valence-corrected chi connectivity index (χ3v) is 3.95. The van der Waals surface area contributed by atoms with Crippen molar-refractivity contribution < 1.29 is 14.8 Å². The van der Waals surface area contributed by atoms with E-state index in [1.807, 2.05) is 24.3 Å². The first kappa shape index (κ1) is 18.4. The zero-order chi connectivity index (χ0) is 18.4. The van der Waals surface area contributed by atoms with E-state index in [1.54, 1.807) is 0 Å². The van der Waals surface area contributed by atoms with Crippen LogP contribution in [0.3, 0.4) is 0 Å². The van der Waals surface area contributed by atoms with Crippen molar-refractivity contribution in [1.82, 2.24) is 4.90 Å². The number of carbonyl (C=O) groups excluding carboxylic acids is 1. The van der Waals surface area contributed by atoms with Gasteiger partial charge in [0.1, 0.15) is 0 Å². The molecular formula is C18H21N3O4. The number of aromatic hydroxyl groups is 1. The molecule has 0 spiro atoms. The molecule has 132 valence electrons. The molecule has 7 nitrogen and oxygen atoms in total. The van der Waals surface area contributed by atoms with E-state index in [0.717, 1.165) is 37.3 Å². The second-order valence-electron chi connectivity index (χ2n) is 5.57. The molecule has 2 aromatic rings. The molecule has 2 rings (SSSR count). The molecule has 0 saturated carbocycles. The maximum atomic E-state index is 12.2. The normalized spacial score (nSPS) is 10.7. The van der Waals surface area contributed by atoms with Gasteiger partial charge in [-0.15, -0.1) is 0 Å². The molecule has 25 heavy (non-hydrogen) atoms. The zero-order valence-electron chi connectivity index (χ0n) is 14.2. The van der Waals surface area contributed by atoms with Crippen molar-refractivity contribution in [2.45, 2.75) is 20.4 Å². The predicted molar refractivity (Wildman–Crippen MR) is 95.8 cm³/mol. The van der Waals surface area contributed by atoms with Crippen LogP contribution in [0.5, 0.6) is 5.75 Å². The number of hydrogen-bond donors (Lipinski definition) is 2. The molecule has 0 unspecified atom stereocenters. The van der Waals surface area contributed by atoms with Crippen molar-refractivity contribution in [3.63, 3.8) is 0 Å². The van der Waals surface area contributed by atoms with E-state index in [9.17, 15) is 20.0 Å². The van der Waals surface area contributed by atoms with E-state index in [1.165, 1.54) is 6.07 Å². The molecule has 0 aromatic heterocycles. The van der Waals surface area contributed by atoms with Crippen molar-refractivity contribution in [1.29, 1.82) is 0 Å². The van der Waals surface area contributed by atoms with Crippen LogP contribution in [0, 0.1) is 10.1 Å². The second-order valence-corrected chi connectivity index (χ2v) is 5.57. The topological polar surface area (TPSA) is 95.7 Å². The van der Waals surface area contributed by atoms with Crippen LogP contribution in [-0.2, 0) is 6.54 Å². The average Bonchev–Trinajstić information content (AvgIpc) is 2.60. The van der Waals surface area contributed by atoms with Crippen molar-refractivity contribution in [2.75, 3.05) is 18.4 Å². The number of hydrogen-bond acceptors (Lipinski definition) is 5. The number of nitro benzene ring substituents is 1. The monoisotopic (exact) mass is 343 g/mol. The van der Waals surface area contributed by atoms with Crippen molar-refractivity contribution >= 4 is 17.3 Å². The standard InChI is InChI=1S/C18H21N3O4/c1-3-20(4-2)12-13-5-8-15(9-6-13)19-18(23)14-7-10-16(21(24)25)17(22)11-14/h5-11,22H,3-4,12H2,1-2H3,(H,19,23). The van der Waals surface area contributed by atoms with E-state index >= 15 is 0 Å². The fourth-order valence-electron chi connectivity index (χ4n) is 2.42.